The number of amides is 1. The highest BCUT2D eigenvalue weighted by Gasteiger charge is 2.32. The lowest BCUT2D eigenvalue weighted by atomic mass is 10.0. The molecule has 0 aromatic rings. The van der Waals surface area contributed by atoms with Gasteiger partial charge in [0.2, 0.25) is 5.91 Å². The van der Waals surface area contributed by atoms with Gasteiger partial charge in [0.25, 0.3) is 0 Å². The number of likely N-dealkylation sites (tertiary alicyclic amines) is 1. The normalized spacial score (nSPS) is 24.6. The molecule has 1 unspecified atom stereocenters. The fourth-order valence-corrected chi connectivity index (χ4v) is 2.37. The second-order valence-electron chi connectivity index (χ2n) is 5.08. The van der Waals surface area contributed by atoms with E-state index in [9.17, 15) is 9.59 Å². The highest BCUT2D eigenvalue weighted by Crippen LogP contribution is 2.20. The maximum Gasteiger partial charge on any atom is 0.323 e. The van der Waals surface area contributed by atoms with Crippen LogP contribution in [0.5, 0.6) is 0 Å². The van der Waals surface area contributed by atoms with E-state index >= 15 is 0 Å². The lowest BCUT2D eigenvalue weighted by Crippen LogP contribution is -2.49. The molecule has 1 aliphatic carbocycles. The molecule has 1 saturated carbocycles. The quantitative estimate of drug-likeness (QED) is 0.733. The molecule has 5 nitrogen and oxygen atoms in total. The first-order valence-corrected chi connectivity index (χ1v) is 6.90. The SMILES string of the molecule is CCOC(=O)C1CCCCN1CC(=O)NC1CC1. The van der Waals surface area contributed by atoms with Crippen molar-refractivity contribution >= 4 is 11.9 Å². The minimum Gasteiger partial charge on any atom is -0.465 e. The molecule has 2 fully saturated rings. The van der Waals surface area contributed by atoms with Gasteiger partial charge in [-0.05, 0) is 39.2 Å². The lowest BCUT2D eigenvalue weighted by molar-refractivity contribution is -0.151. The van der Waals surface area contributed by atoms with Gasteiger partial charge in [0, 0.05) is 6.04 Å². The minimum atomic E-state index is -0.233. The molecule has 102 valence electrons. The summed E-state index contributed by atoms with van der Waals surface area (Å²) in [4.78, 5) is 25.6. The number of nitrogens with zero attached hydrogens (tertiary/aromatic N) is 1. The first kappa shape index (κ1) is 13.3. The van der Waals surface area contributed by atoms with Gasteiger partial charge in [0.1, 0.15) is 6.04 Å². The number of carbonyl (C=O) groups excluding carboxylic acids is 2. The predicted molar refractivity (Wildman–Crippen MR) is 67.0 cm³/mol. The Kier molecular flexibility index (Phi) is 4.58. The average molecular weight is 254 g/mol. The second kappa shape index (κ2) is 6.18. The third-order valence-corrected chi connectivity index (χ3v) is 3.46. The fraction of sp³-hybridized carbons (Fsp3) is 0.846. The van der Waals surface area contributed by atoms with Gasteiger partial charge < -0.3 is 10.1 Å². The second-order valence-corrected chi connectivity index (χ2v) is 5.08. The Morgan fingerprint density at radius 3 is 2.72 bits per heavy atom. The van der Waals surface area contributed by atoms with E-state index in [0.29, 0.717) is 19.2 Å². The maximum absolute atomic E-state index is 11.8. The van der Waals surface area contributed by atoms with Crippen LogP contribution in [0.15, 0.2) is 0 Å². The predicted octanol–water partition coefficient (Wildman–Crippen LogP) is 0.683. The molecule has 1 amide bonds. The summed E-state index contributed by atoms with van der Waals surface area (Å²) >= 11 is 0. The van der Waals surface area contributed by atoms with Gasteiger partial charge in [0.05, 0.1) is 13.2 Å². The number of hydrogen-bond donors (Lipinski definition) is 1. The van der Waals surface area contributed by atoms with Crippen LogP contribution in [-0.4, -0.2) is 48.6 Å². The Morgan fingerprint density at radius 1 is 1.28 bits per heavy atom. The zero-order valence-corrected chi connectivity index (χ0v) is 11.0. The number of nitrogens with one attached hydrogen (secondary N) is 1. The minimum absolute atomic E-state index is 0.0358. The van der Waals surface area contributed by atoms with Crippen molar-refractivity contribution in [1.29, 1.82) is 0 Å². The smallest absolute Gasteiger partial charge is 0.323 e. The largest absolute Gasteiger partial charge is 0.465 e. The van der Waals surface area contributed by atoms with Crippen molar-refractivity contribution in [3.8, 4) is 0 Å². The van der Waals surface area contributed by atoms with Crippen molar-refractivity contribution < 1.29 is 14.3 Å². The molecule has 2 aliphatic rings. The van der Waals surface area contributed by atoms with Gasteiger partial charge in [-0.15, -0.1) is 0 Å². The van der Waals surface area contributed by atoms with E-state index < -0.39 is 0 Å². The van der Waals surface area contributed by atoms with Gasteiger partial charge >= 0.3 is 5.97 Å². The van der Waals surface area contributed by atoms with Crippen molar-refractivity contribution in [2.45, 2.75) is 51.1 Å². The van der Waals surface area contributed by atoms with E-state index in [0.717, 1.165) is 38.6 Å². The van der Waals surface area contributed by atoms with Gasteiger partial charge in [-0.3, -0.25) is 14.5 Å². The van der Waals surface area contributed by atoms with Gasteiger partial charge in [-0.1, -0.05) is 6.42 Å². The molecule has 5 heteroatoms. The van der Waals surface area contributed by atoms with Crippen molar-refractivity contribution in [3.05, 3.63) is 0 Å². The van der Waals surface area contributed by atoms with Crippen LogP contribution in [0.25, 0.3) is 0 Å². The Balaban J connectivity index is 1.85. The molecular formula is C13H22N2O3. The summed E-state index contributed by atoms with van der Waals surface area (Å²) in [5.74, 6) is -0.148. The van der Waals surface area contributed by atoms with Crippen LogP contribution in [0, 0.1) is 0 Å². The number of piperidine rings is 1. The van der Waals surface area contributed by atoms with Crippen molar-refractivity contribution in [2.24, 2.45) is 0 Å². The number of esters is 1. The van der Waals surface area contributed by atoms with Gasteiger partial charge in [-0.25, -0.2) is 0 Å². The highest BCUT2D eigenvalue weighted by molar-refractivity contribution is 5.81. The summed E-state index contributed by atoms with van der Waals surface area (Å²) in [6.45, 7) is 3.34. The van der Waals surface area contributed by atoms with E-state index in [1.807, 2.05) is 11.8 Å². The van der Waals surface area contributed by atoms with E-state index in [1.54, 1.807) is 0 Å². The van der Waals surface area contributed by atoms with E-state index in [-0.39, 0.29) is 17.9 Å². The van der Waals surface area contributed by atoms with Crippen LogP contribution in [0.1, 0.15) is 39.0 Å². The molecule has 0 aromatic heterocycles. The molecule has 18 heavy (non-hydrogen) atoms. The Morgan fingerprint density at radius 2 is 2.06 bits per heavy atom. The first-order valence-electron chi connectivity index (χ1n) is 6.90. The van der Waals surface area contributed by atoms with Crippen molar-refractivity contribution in [2.75, 3.05) is 19.7 Å². The molecule has 1 atom stereocenters. The van der Waals surface area contributed by atoms with Crippen molar-refractivity contribution in [3.63, 3.8) is 0 Å². The Labute approximate surface area is 108 Å². The van der Waals surface area contributed by atoms with Gasteiger partial charge in [0.15, 0.2) is 0 Å². The van der Waals surface area contributed by atoms with Crippen LogP contribution in [-0.2, 0) is 14.3 Å². The zero-order valence-electron chi connectivity index (χ0n) is 11.0. The molecule has 0 radical (unpaired) electrons. The van der Waals surface area contributed by atoms with E-state index in [1.165, 1.54) is 0 Å². The Hall–Kier alpha value is -1.10. The van der Waals surface area contributed by atoms with Crippen LogP contribution >= 0.6 is 0 Å². The fourth-order valence-electron chi connectivity index (χ4n) is 2.37. The summed E-state index contributed by atoms with van der Waals surface area (Å²) in [6.07, 6.45) is 5.06. The molecule has 1 N–H and O–H groups in total. The molecule has 0 aromatic carbocycles. The molecule has 1 saturated heterocycles. The molecule has 0 bridgehead atoms. The highest BCUT2D eigenvalue weighted by atomic mass is 16.5. The topological polar surface area (TPSA) is 58.6 Å². The molecule has 0 spiro atoms. The molecular weight excluding hydrogens is 232 g/mol. The van der Waals surface area contributed by atoms with Crippen LogP contribution in [0.3, 0.4) is 0 Å². The van der Waals surface area contributed by atoms with E-state index in [2.05, 4.69) is 5.32 Å². The number of rotatable bonds is 5. The van der Waals surface area contributed by atoms with Crippen molar-refractivity contribution in [1.82, 2.24) is 10.2 Å². The van der Waals surface area contributed by atoms with E-state index in [4.69, 9.17) is 4.74 Å². The first-order chi connectivity index (χ1) is 8.70. The summed E-state index contributed by atoms with van der Waals surface area (Å²) < 4.78 is 5.07. The van der Waals surface area contributed by atoms with Gasteiger partial charge in [-0.2, -0.15) is 0 Å². The third-order valence-electron chi connectivity index (χ3n) is 3.46. The standard InChI is InChI=1S/C13H22N2O3/c1-2-18-13(17)11-5-3-4-8-15(11)9-12(16)14-10-6-7-10/h10-11H,2-9H2,1H3,(H,14,16). The number of ether oxygens (including phenoxy) is 1. The summed E-state index contributed by atoms with van der Waals surface area (Å²) in [5.41, 5.74) is 0. The van der Waals surface area contributed by atoms with Crippen LogP contribution in [0.4, 0.5) is 0 Å². The summed E-state index contributed by atoms with van der Waals surface area (Å²) in [6, 6.07) is 0.145. The summed E-state index contributed by atoms with van der Waals surface area (Å²) in [7, 11) is 0. The third kappa shape index (κ3) is 3.70. The molecule has 1 aliphatic heterocycles. The lowest BCUT2D eigenvalue weighted by Gasteiger charge is -2.33. The summed E-state index contributed by atoms with van der Waals surface area (Å²) in [5, 5.41) is 2.96. The zero-order chi connectivity index (χ0) is 13.0. The average Bonchev–Trinajstić information content (AvgIpc) is 3.13. The molecule has 1 heterocycles. The van der Waals surface area contributed by atoms with Crippen LogP contribution in [0.2, 0.25) is 0 Å². The monoisotopic (exact) mass is 254 g/mol. The molecule has 2 rings (SSSR count). The number of carbonyl (C=O) groups is 2. The van der Waals surface area contributed by atoms with Crippen LogP contribution < -0.4 is 5.32 Å². The Bertz CT molecular complexity index is 315. The maximum atomic E-state index is 11.8. The number of hydrogen-bond acceptors (Lipinski definition) is 4.